The molecule has 1 saturated heterocycles. The molecule has 1 aliphatic heterocycles. The van der Waals surface area contributed by atoms with Crippen molar-refractivity contribution in [3.05, 3.63) is 29.3 Å². The molecule has 5 heteroatoms. The van der Waals surface area contributed by atoms with Crippen LogP contribution in [0.4, 0.5) is 5.69 Å². The molecule has 4 nitrogen and oxygen atoms in total. The molecule has 102 valence electrons. The van der Waals surface area contributed by atoms with Gasteiger partial charge < -0.3 is 10.2 Å². The summed E-state index contributed by atoms with van der Waals surface area (Å²) in [6, 6.07) is 7.01. The molecule has 0 spiro atoms. The monoisotopic (exact) mass is 280 g/mol. The first kappa shape index (κ1) is 13.9. The van der Waals surface area contributed by atoms with Gasteiger partial charge in [0.05, 0.1) is 5.92 Å². The zero-order valence-electron chi connectivity index (χ0n) is 10.9. The lowest BCUT2D eigenvalue weighted by molar-refractivity contribution is -0.132. The standard InChI is InChI=1S/C14H17ClN2O2/c1-10(18)17-8-2-3-11(9-17)14(19)16-13-6-4-12(15)5-7-13/h4-7,11H,2-3,8-9H2,1H3,(H,16,19). The molecular weight excluding hydrogens is 264 g/mol. The molecule has 0 bridgehead atoms. The molecule has 1 heterocycles. The van der Waals surface area contributed by atoms with Crippen LogP contribution in [0, 0.1) is 5.92 Å². The van der Waals surface area contributed by atoms with E-state index in [4.69, 9.17) is 11.6 Å². The summed E-state index contributed by atoms with van der Waals surface area (Å²) in [4.78, 5) is 25.2. The van der Waals surface area contributed by atoms with Gasteiger partial charge in [-0.25, -0.2) is 0 Å². The zero-order chi connectivity index (χ0) is 13.8. The molecule has 19 heavy (non-hydrogen) atoms. The second kappa shape index (κ2) is 6.06. The van der Waals surface area contributed by atoms with E-state index in [0.29, 0.717) is 11.6 Å². The average Bonchev–Trinajstić information content (AvgIpc) is 2.41. The first-order valence-electron chi connectivity index (χ1n) is 6.38. The van der Waals surface area contributed by atoms with E-state index in [0.717, 1.165) is 25.1 Å². The zero-order valence-corrected chi connectivity index (χ0v) is 11.6. The number of nitrogens with one attached hydrogen (secondary N) is 1. The SMILES string of the molecule is CC(=O)N1CCCC(C(=O)Nc2ccc(Cl)cc2)C1. The van der Waals surface area contributed by atoms with Crippen molar-refractivity contribution in [3.63, 3.8) is 0 Å². The van der Waals surface area contributed by atoms with Gasteiger partial charge in [0.2, 0.25) is 11.8 Å². The Kier molecular flexibility index (Phi) is 4.43. The molecule has 0 radical (unpaired) electrons. The molecule has 1 atom stereocenters. The minimum atomic E-state index is -0.131. The van der Waals surface area contributed by atoms with Gasteiger partial charge >= 0.3 is 0 Å². The van der Waals surface area contributed by atoms with Crippen LogP contribution in [-0.2, 0) is 9.59 Å². The van der Waals surface area contributed by atoms with Crippen LogP contribution < -0.4 is 5.32 Å². The van der Waals surface area contributed by atoms with Crippen molar-refractivity contribution in [1.29, 1.82) is 0 Å². The number of benzene rings is 1. The summed E-state index contributed by atoms with van der Waals surface area (Å²) in [5.41, 5.74) is 0.731. The van der Waals surface area contributed by atoms with Crippen LogP contribution in [0.3, 0.4) is 0 Å². The fourth-order valence-corrected chi connectivity index (χ4v) is 2.38. The lowest BCUT2D eigenvalue weighted by atomic mass is 9.97. The largest absolute Gasteiger partial charge is 0.342 e. The first-order valence-corrected chi connectivity index (χ1v) is 6.76. The summed E-state index contributed by atoms with van der Waals surface area (Å²) in [6.07, 6.45) is 1.70. The summed E-state index contributed by atoms with van der Waals surface area (Å²) < 4.78 is 0. The summed E-state index contributed by atoms with van der Waals surface area (Å²) in [6.45, 7) is 2.80. The van der Waals surface area contributed by atoms with Crippen molar-refractivity contribution in [2.24, 2.45) is 5.92 Å². The number of carbonyl (C=O) groups is 2. The molecule has 0 aliphatic carbocycles. The highest BCUT2D eigenvalue weighted by atomic mass is 35.5. The summed E-state index contributed by atoms with van der Waals surface area (Å²) in [5.74, 6) is -0.134. The maximum Gasteiger partial charge on any atom is 0.229 e. The molecule has 1 aromatic rings. The second-order valence-corrected chi connectivity index (χ2v) is 5.24. The van der Waals surface area contributed by atoms with Gasteiger partial charge in [0, 0.05) is 30.7 Å². The number of nitrogens with zero attached hydrogens (tertiary/aromatic N) is 1. The fourth-order valence-electron chi connectivity index (χ4n) is 2.25. The Labute approximate surface area is 117 Å². The first-order chi connectivity index (χ1) is 9.06. The third kappa shape index (κ3) is 3.70. The minimum Gasteiger partial charge on any atom is -0.342 e. The van der Waals surface area contributed by atoms with E-state index in [-0.39, 0.29) is 17.7 Å². The Morgan fingerprint density at radius 3 is 2.63 bits per heavy atom. The van der Waals surface area contributed by atoms with Gasteiger partial charge in [0.25, 0.3) is 0 Å². The van der Waals surface area contributed by atoms with E-state index in [1.165, 1.54) is 0 Å². The van der Waals surface area contributed by atoms with Crippen LogP contribution in [0.5, 0.6) is 0 Å². The summed E-state index contributed by atoms with van der Waals surface area (Å²) in [5, 5.41) is 3.50. The molecule has 1 aliphatic rings. The highest BCUT2D eigenvalue weighted by molar-refractivity contribution is 6.30. The van der Waals surface area contributed by atoms with E-state index in [2.05, 4.69) is 5.32 Å². The van der Waals surface area contributed by atoms with Crippen molar-refractivity contribution < 1.29 is 9.59 Å². The van der Waals surface area contributed by atoms with Crippen LogP contribution in [0.1, 0.15) is 19.8 Å². The number of halogens is 1. The Balaban J connectivity index is 1.96. The fraction of sp³-hybridized carbons (Fsp3) is 0.429. The quantitative estimate of drug-likeness (QED) is 0.905. The lowest BCUT2D eigenvalue weighted by Crippen LogP contribution is -2.42. The van der Waals surface area contributed by atoms with Crippen LogP contribution >= 0.6 is 11.6 Å². The molecule has 2 rings (SSSR count). The summed E-state index contributed by atoms with van der Waals surface area (Å²) >= 11 is 5.79. The second-order valence-electron chi connectivity index (χ2n) is 4.80. The van der Waals surface area contributed by atoms with E-state index in [1.807, 2.05) is 0 Å². The predicted octanol–water partition coefficient (Wildman–Crippen LogP) is 2.54. The van der Waals surface area contributed by atoms with Crippen molar-refractivity contribution >= 4 is 29.1 Å². The number of anilines is 1. The molecule has 1 N–H and O–H groups in total. The Morgan fingerprint density at radius 2 is 2.00 bits per heavy atom. The van der Waals surface area contributed by atoms with Gasteiger partial charge in [-0.15, -0.1) is 0 Å². The van der Waals surface area contributed by atoms with Crippen molar-refractivity contribution in [2.75, 3.05) is 18.4 Å². The molecule has 0 saturated carbocycles. The number of piperidine rings is 1. The molecular formula is C14H17ClN2O2. The number of amides is 2. The van der Waals surface area contributed by atoms with Gasteiger partial charge in [-0.2, -0.15) is 0 Å². The van der Waals surface area contributed by atoms with Gasteiger partial charge in [-0.05, 0) is 37.1 Å². The molecule has 2 amide bonds. The highest BCUT2D eigenvalue weighted by Crippen LogP contribution is 2.19. The Morgan fingerprint density at radius 1 is 1.32 bits per heavy atom. The number of likely N-dealkylation sites (tertiary alicyclic amines) is 1. The number of carbonyl (C=O) groups excluding carboxylic acids is 2. The molecule has 1 aromatic carbocycles. The predicted molar refractivity (Wildman–Crippen MR) is 75.1 cm³/mol. The molecule has 1 unspecified atom stereocenters. The number of rotatable bonds is 2. The number of hydrogen-bond donors (Lipinski definition) is 1. The lowest BCUT2D eigenvalue weighted by Gasteiger charge is -2.31. The van der Waals surface area contributed by atoms with Crippen molar-refractivity contribution in [3.8, 4) is 0 Å². The summed E-state index contributed by atoms with van der Waals surface area (Å²) in [7, 11) is 0. The van der Waals surface area contributed by atoms with Crippen LogP contribution in [0.25, 0.3) is 0 Å². The average molecular weight is 281 g/mol. The number of hydrogen-bond acceptors (Lipinski definition) is 2. The highest BCUT2D eigenvalue weighted by Gasteiger charge is 2.26. The minimum absolute atomic E-state index is 0.0315. The van der Waals surface area contributed by atoms with E-state index in [9.17, 15) is 9.59 Å². The van der Waals surface area contributed by atoms with E-state index < -0.39 is 0 Å². The smallest absolute Gasteiger partial charge is 0.229 e. The van der Waals surface area contributed by atoms with Gasteiger partial charge in [0.1, 0.15) is 0 Å². The third-order valence-corrected chi connectivity index (χ3v) is 3.60. The van der Waals surface area contributed by atoms with Crippen LogP contribution in [-0.4, -0.2) is 29.8 Å². The Bertz CT molecular complexity index is 473. The third-order valence-electron chi connectivity index (χ3n) is 3.35. The van der Waals surface area contributed by atoms with Gasteiger partial charge in [0.15, 0.2) is 0 Å². The Hall–Kier alpha value is -1.55. The van der Waals surface area contributed by atoms with Crippen molar-refractivity contribution in [1.82, 2.24) is 4.90 Å². The van der Waals surface area contributed by atoms with E-state index >= 15 is 0 Å². The van der Waals surface area contributed by atoms with Crippen LogP contribution in [0.15, 0.2) is 24.3 Å². The normalized spacial score (nSPS) is 19.1. The molecule has 0 aromatic heterocycles. The van der Waals surface area contributed by atoms with Crippen LogP contribution in [0.2, 0.25) is 5.02 Å². The molecule has 1 fully saturated rings. The van der Waals surface area contributed by atoms with Gasteiger partial charge in [-0.3, -0.25) is 9.59 Å². The maximum absolute atomic E-state index is 12.1. The van der Waals surface area contributed by atoms with Gasteiger partial charge in [-0.1, -0.05) is 11.6 Å². The van der Waals surface area contributed by atoms with E-state index in [1.54, 1.807) is 36.1 Å². The van der Waals surface area contributed by atoms with Crippen molar-refractivity contribution in [2.45, 2.75) is 19.8 Å². The maximum atomic E-state index is 12.1. The topological polar surface area (TPSA) is 49.4 Å².